The number of sulfonamides is 1. The molecule has 0 radical (unpaired) electrons. The summed E-state index contributed by atoms with van der Waals surface area (Å²) in [6.45, 7) is 0. The molecule has 1 unspecified atom stereocenters. The van der Waals surface area contributed by atoms with Gasteiger partial charge in [-0.3, -0.25) is 14.3 Å². The molecule has 0 spiro atoms. The molecule has 2 heterocycles. The van der Waals surface area contributed by atoms with Crippen LogP contribution in [0.25, 0.3) is 11.0 Å². The number of benzene rings is 2. The van der Waals surface area contributed by atoms with Gasteiger partial charge >= 0.3 is 5.69 Å². The number of H-pyrrole nitrogens is 1. The average molecular weight is 505 g/mol. The van der Waals surface area contributed by atoms with E-state index in [1.807, 2.05) is 12.3 Å². The monoisotopic (exact) mass is 504 g/mol. The molecule has 0 saturated carbocycles. The van der Waals surface area contributed by atoms with Crippen LogP contribution in [0.1, 0.15) is 17.2 Å². The van der Waals surface area contributed by atoms with Crippen molar-refractivity contribution in [3.05, 3.63) is 98.3 Å². The Morgan fingerprint density at radius 3 is 2.59 bits per heavy atom. The molecule has 1 atom stereocenters. The van der Waals surface area contributed by atoms with Gasteiger partial charge in [-0.15, -0.1) is 11.8 Å². The van der Waals surface area contributed by atoms with Crippen molar-refractivity contribution in [3.8, 4) is 0 Å². The molecule has 176 valence electrons. The number of halogens is 2. The molecule has 8 nitrogen and oxygen atoms in total. The smallest absolute Gasteiger partial charge is 0.281 e. The Hall–Kier alpha value is -3.35. The molecule has 2 aromatic heterocycles. The van der Waals surface area contributed by atoms with Gasteiger partial charge in [0.2, 0.25) is 10.0 Å². The van der Waals surface area contributed by atoms with Crippen LogP contribution < -0.4 is 16.0 Å². The first-order chi connectivity index (χ1) is 16.1. The van der Waals surface area contributed by atoms with Crippen molar-refractivity contribution in [3.63, 3.8) is 0 Å². The van der Waals surface area contributed by atoms with Gasteiger partial charge in [0.05, 0.1) is 11.4 Å². The summed E-state index contributed by atoms with van der Waals surface area (Å²) in [6, 6.07) is 9.58. The minimum atomic E-state index is -4.35. The summed E-state index contributed by atoms with van der Waals surface area (Å²) in [5.41, 5.74) is -1.15. The molecule has 12 heteroatoms. The number of fused-ring (bicyclic) bond motifs is 1. The zero-order chi connectivity index (χ0) is 24.6. The van der Waals surface area contributed by atoms with Crippen molar-refractivity contribution in [1.29, 1.82) is 0 Å². The highest BCUT2D eigenvalue weighted by molar-refractivity contribution is 7.98. The molecule has 4 aromatic rings. The predicted molar refractivity (Wildman–Crippen MR) is 124 cm³/mol. The van der Waals surface area contributed by atoms with Crippen molar-refractivity contribution in [2.24, 2.45) is 7.05 Å². The summed E-state index contributed by atoms with van der Waals surface area (Å²) in [7, 11) is -2.97. The van der Waals surface area contributed by atoms with Gasteiger partial charge in [0.25, 0.3) is 5.56 Å². The Bertz CT molecular complexity index is 1630. The fraction of sp³-hybridized carbons (Fsp3) is 0.136. The molecule has 2 aromatic carbocycles. The number of hydrogen-bond donors (Lipinski definition) is 2. The van der Waals surface area contributed by atoms with Gasteiger partial charge in [0.15, 0.2) is 0 Å². The molecule has 0 bridgehead atoms. The highest BCUT2D eigenvalue weighted by Crippen LogP contribution is 2.29. The molecule has 4 rings (SSSR count). The molecule has 0 aliphatic rings. The van der Waals surface area contributed by atoms with Gasteiger partial charge in [-0.2, -0.15) is 4.72 Å². The first kappa shape index (κ1) is 23.8. The predicted octanol–water partition coefficient (Wildman–Crippen LogP) is 2.69. The van der Waals surface area contributed by atoms with E-state index >= 15 is 0 Å². The second-order valence-corrected chi connectivity index (χ2v) is 9.95. The van der Waals surface area contributed by atoms with Crippen LogP contribution in [0.5, 0.6) is 0 Å². The lowest BCUT2D eigenvalue weighted by Crippen LogP contribution is -2.31. The van der Waals surface area contributed by atoms with E-state index in [0.717, 1.165) is 27.8 Å². The minimum absolute atomic E-state index is 0.00139. The quantitative estimate of drug-likeness (QED) is 0.391. The van der Waals surface area contributed by atoms with Crippen LogP contribution in [0.4, 0.5) is 8.78 Å². The summed E-state index contributed by atoms with van der Waals surface area (Å²) in [6.07, 6.45) is 2.84. The van der Waals surface area contributed by atoms with E-state index in [2.05, 4.69) is 14.7 Å². The van der Waals surface area contributed by atoms with Crippen LogP contribution in [0.3, 0.4) is 0 Å². The van der Waals surface area contributed by atoms with E-state index < -0.39 is 38.9 Å². The maximum absolute atomic E-state index is 14.7. The van der Waals surface area contributed by atoms with E-state index in [-0.39, 0.29) is 21.5 Å². The number of pyridine rings is 1. The highest BCUT2D eigenvalue weighted by Gasteiger charge is 2.26. The van der Waals surface area contributed by atoms with E-state index in [9.17, 15) is 26.8 Å². The zero-order valence-electron chi connectivity index (χ0n) is 17.9. The Morgan fingerprint density at radius 2 is 1.88 bits per heavy atom. The largest absolute Gasteiger partial charge is 0.329 e. The number of nitrogens with one attached hydrogen (secondary N) is 2. The van der Waals surface area contributed by atoms with Gasteiger partial charge in [0, 0.05) is 29.8 Å². The molecule has 0 saturated heterocycles. The maximum Gasteiger partial charge on any atom is 0.329 e. The number of hydrogen-bond acceptors (Lipinski definition) is 6. The normalized spacial score (nSPS) is 12.7. The highest BCUT2D eigenvalue weighted by atomic mass is 32.2. The molecule has 0 amide bonds. The van der Waals surface area contributed by atoms with Gasteiger partial charge in [-0.05, 0) is 36.1 Å². The fourth-order valence-electron chi connectivity index (χ4n) is 3.46. The van der Waals surface area contributed by atoms with Crippen molar-refractivity contribution in [2.45, 2.75) is 15.8 Å². The van der Waals surface area contributed by atoms with Gasteiger partial charge in [-0.25, -0.2) is 27.0 Å². The van der Waals surface area contributed by atoms with Crippen molar-refractivity contribution in [2.75, 3.05) is 6.26 Å². The lowest BCUT2D eigenvalue weighted by Gasteiger charge is -2.21. The molecule has 0 aliphatic carbocycles. The van der Waals surface area contributed by atoms with Gasteiger partial charge < -0.3 is 0 Å². The Morgan fingerprint density at radius 1 is 1.12 bits per heavy atom. The first-order valence-corrected chi connectivity index (χ1v) is 12.5. The molecular weight excluding hydrogens is 486 g/mol. The number of rotatable bonds is 6. The van der Waals surface area contributed by atoms with Gasteiger partial charge in [0.1, 0.15) is 22.2 Å². The summed E-state index contributed by atoms with van der Waals surface area (Å²) in [5.74, 6) is -1.73. The summed E-state index contributed by atoms with van der Waals surface area (Å²) in [4.78, 5) is 30.5. The topological polar surface area (TPSA) is 114 Å². The third kappa shape index (κ3) is 4.52. The van der Waals surface area contributed by atoms with Crippen LogP contribution in [-0.2, 0) is 17.1 Å². The Balaban J connectivity index is 1.85. The van der Waals surface area contributed by atoms with Crippen molar-refractivity contribution >= 4 is 32.8 Å². The molecular formula is C22H18F2N4O4S2. The fourth-order valence-corrected chi connectivity index (χ4v) is 5.10. The number of aromatic amines is 1. The summed E-state index contributed by atoms with van der Waals surface area (Å²) < 4.78 is 58.4. The van der Waals surface area contributed by atoms with Crippen LogP contribution in [0.15, 0.2) is 74.1 Å². The molecule has 34 heavy (non-hydrogen) atoms. The lowest BCUT2D eigenvalue weighted by molar-refractivity contribution is 0.547. The third-order valence-corrected chi connectivity index (χ3v) is 7.33. The van der Waals surface area contributed by atoms with E-state index in [0.29, 0.717) is 11.6 Å². The van der Waals surface area contributed by atoms with Crippen molar-refractivity contribution in [1.82, 2.24) is 19.3 Å². The molecule has 0 fully saturated rings. The second kappa shape index (κ2) is 9.12. The Kier molecular flexibility index (Phi) is 6.39. The van der Waals surface area contributed by atoms with Crippen LogP contribution in [0.2, 0.25) is 0 Å². The molecule has 0 aliphatic heterocycles. The average Bonchev–Trinajstić information content (AvgIpc) is 2.81. The number of nitrogens with zero attached hydrogens (tertiary/aromatic N) is 2. The Labute approximate surface area is 196 Å². The van der Waals surface area contributed by atoms with Crippen LogP contribution >= 0.6 is 11.8 Å². The van der Waals surface area contributed by atoms with E-state index in [1.165, 1.54) is 24.9 Å². The van der Waals surface area contributed by atoms with E-state index in [4.69, 9.17) is 0 Å². The third-order valence-electron chi connectivity index (χ3n) is 5.21. The van der Waals surface area contributed by atoms with Crippen LogP contribution in [0, 0.1) is 11.6 Å². The van der Waals surface area contributed by atoms with Crippen LogP contribution in [-0.4, -0.2) is 29.2 Å². The first-order valence-electron chi connectivity index (χ1n) is 9.81. The second-order valence-electron chi connectivity index (χ2n) is 7.36. The minimum Gasteiger partial charge on any atom is -0.281 e. The number of aryl methyl sites for hydroxylation is 1. The van der Waals surface area contributed by atoms with Crippen molar-refractivity contribution < 1.29 is 17.2 Å². The SMILES string of the molecule is CSc1cccc(C(NS(=O)(=O)c2cnc3c(c2)c(=O)[nH]c(=O)n3C)c2ccc(F)cc2F)c1. The van der Waals surface area contributed by atoms with Gasteiger partial charge in [-0.1, -0.05) is 18.2 Å². The number of aromatic nitrogens is 3. The van der Waals surface area contributed by atoms with E-state index in [1.54, 1.807) is 18.2 Å². The number of thioether (sulfide) groups is 1. The maximum atomic E-state index is 14.7. The lowest BCUT2D eigenvalue weighted by atomic mass is 9.99. The summed E-state index contributed by atoms with van der Waals surface area (Å²) >= 11 is 1.42. The zero-order valence-corrected chi connectivity index (χ0v) is 19.5. The molecule has 2 N–H and O–H groups in total. The standard InChI is InChI=1S/C22H18F2N4O4S2/c1-28-20-17(21(29)26-22(28)30)10-15(11-25-20)34(31,32)27-19(12-4-3-5-14(8-12)33-2)16-7-6-13(23)9-18(16)24/h3-11,19,27H,1-2H3,(H,26,29,30). The summed E-state index contributed by atoms with van der Waals surface area (Å²) in [5, 5.41) is -0.112.